The van der Waals surface area contributed by atoms with Crippen molar-refractivity contribution in [1.82, 2.24) is 14.9 Å². The normalized spacial score (nSPS) is 14.9. The fourth-order valence-corrected chi connectivity index (χ4v) is 3.73. The van der Waals surface area contributed by atoms with Gasteiger partial charge in [-0.1, -0.05) is 12.1 Å². The van der Waals surface area contributed by atoms with Gasteiger partial charge in [-0.2, -0.15) is 0 Å². The molecular weight excluding hydrogens is 433 g/mol. The van der Waals surface area contributed by atoms with Gasteiger partial charge < -0.3 is 20.3 Å². The smallest absolute Gasteiger partial charge is 0.410 e. The Morgan fingerprint density at radius 1 is 1.28 bits per heavy atom. The quantitative estimate of drug-likeness (QED) is 0.569. The number of anilines is 2. The number of para-hydroxylation sites is 1. The number of halogens is 2. The van der Waals surface area contributed by atoms with Gasteiger partial charge in [-0.05, 0) is 69.7 Å². The van der Waals surface area contributed by atoms with Gasteiger partial charge in [0.15, 0.2) is 0 Å². The van der Waals surface area contributed by atoms with E-state index in [0.29, 0.717) is 43.6 Å². The molecule has 3 rings (SSSR count). The number of piperidine rings is 1. The Kier molecular flexibility index (Phi) is 7.77. The number of nitrogens with one attached hydrogen (secondary N) is 2. The highest BCUT2D eigenvalue weighted by Gasteiger charge is 2.27. The van der Waals surface area contributed by atoms with Crippen LogP contribution in [0.2, 0.25) is 5.28 Å². The van der Waals surface area contributed by atoms with Crippen molar-refractivity contribution < 1.29 is 13.9 Å². The first-order chi connectivity index (χ1) is 15.1. The van der Waals surface area contributed by atoms with Gasteiger partial charge in [0.2, 0.25) is 5.28 Å². The third-order valence-corrected chi connectivity index (χ3v) is 5.52. The number of likely N-dealkylation sites (tertiary alicyclic amines) is 1. The summed E-state index contributed by atoms with van der Waals surface area (Å²) in [6, 6.07) is 4.96. The maximum Gasteiger partial charge on any atom is 0.410 e. The summed E-state index contributed by atoms with van der Waals surface area (Å²) in [7, 11) is 0. The van der Waals surface area contributed by atoms with E-state index in [1.165, 1.54) is 6.07 Å². The monoisotopic (exact) mass is 463 g/mol. The number of carbonyl (C=O) groups excluding carboxylic acids is 1. The van der Waals surface area contributed by atoms with Crippen molar-refractivity contribution >= 4 is 29.2 Å². The highest BCUT2D eigenvalue weighted by molar-refractivity contribution is 6.28. The van der Waals surface area contributed by atoms with Gasteiger partial charge in [0.25, 0.3) is 0 Å². The first-order valence-corrected chi connectivity index (χ1v) is 11.2. The van der Waals surface area contributed by atoms with Crippen LogP contribution in [0.1, 0.15) is 44.7 Å². The highest BCUT2D eigenvalue weighted by atomic mass is 35.5. The zero-order chi connectivity index (χ0) is 23.3. The van der Waals surface area contributed by atoms with Gasteiger partial charge in [0, 0.05) is 37.9 Å². The minimum Gasteiger partial charge on any atom is -0.444 e. The van der Waals surface area contributed by atoms with Crippen molar-refractivity contribution in [2.45, 2.75) is 52.7 Å². The van der Waals surface area contributed by atoms with Gasteiger partial charge in [-0.15, -0.1) is 0 Å². The number of hydrogen-bond acceptors (Lipinski definition) is 6. The zero-order valence-corrected chi connectivity index (χ0v) is 19.8. The molecule has 32 heavy (non-hydrogen) atoms. The number of hydrogen-bond donors (Lipinski definition) is 2. The SMILES string of the molecule is Cc1cccc(F)c1NCc1cnc(Cl)nc1NCC1CCN(C(=O)OC(C)(C)C)CC1. The Morgan fingerprint density at radius 3 is 2.66 bits per heavy atom. The topological polar surface area (TPSA) is 79.4 Å². The molecule has 1 aliphatic rings. The Morgan fingerprint density at radius 2 is 2.00 bits per heavy atom. The van der Waals surface area contributed by atoms with E-state index < -0.39 is 5.60 Å². The summed E-state index contributed by atoms with van der Waals surface area (Å²) in [5.74, 6) is 0.712. The molecule has 0 aliphatic carbocycles. The van der Waals surface area contributed by atoms with Crippen LogP contribution >= 0.6 is 11.6 Å². The maximum absolute atomic E-state index is 14.1. The lowest BCUT2D eigenvalue weighted by Crippen LogP contribution is -2.42. The van der Waals surface area contributed by atoms with Crippen molar-refractivity contribution in [3.05, 3.63) is 46.6 Å². The first kappa shape index (κ1) is 24.0. The molecule has 0 bridgehead atoms. The molecule has 0 radical (unpaired) electrons. The highest BCUT2D eigenvalue weighted by Crippen LogP contribution is 2.24. The van der Waals surface area contributed by atoms with Crippen LogP contribution in [-0.2, 0) is 11.3 Å². The minimum absolute atomic E-state index is 0.151. The predicted molar refractivity (Wildman–Crippen MR) is 125 cm³/mol. The van der Waals surface area contributed by atoms with E-state index in [4.69, 9.17) is 16.3 Å². The van der Waals surface area contributed by atoms with E-state index in [9.17, 15) is 9.18 Å². The van der Waals surface area contributed by atoms with E-state index in [-0.39, 0.29) is 17.2 Å². The lowest BCUT2D eigenvalue weighted by molar-refractivity contribution is 0.0188. The summed E-state index contributed by atoms with van der Waals surface area (Å²) in [5, 5.41) is 6.65. The molecule has 0 atom stereocenters. The summed E-state index contributed by atoms with van der Waals surface area (Å²) in [6.45, 7) is 9.84. The molecular formula is C23H31ClFN5O2. The van der Waals surface area contributed by atoms with Gasteiger partial charge in [0.05, 0.1) is 5.69 Å². The van der Waals surface area contributed by atoms with E-state index in [0.717, 1.165) is 24.0 Å². The molecule has 2 aromatic rings. The number of ether oxygens (including phenoxy) is 1. The number of carbonyl (C=O) groups is 1. The summed E-state index contributed by atoms with van der Waals surface area (Å²) >= 11 is 6.01. The molecule has 2 heterocycles. The molecule has 174 valence electrons. The van der Waals surface area contributed by atoms with Gasteiger partial charge in [-0.3, -0.25) is 0 Å². The molecule has 2 N–H and O–H groups in total. The first-order valence-electron chi connectivity index (χ1n) is 10.8. The number of aromatic nitrogens is 2. The number of rotatable bonds is 6. The second-order valence-electron chi connectivity index (χ2n) is 9.09. The summed E-state index contributed by atoms with van der Waals surface area (Å²) in [6.07, 6.45) is 3.12. The third-order valence-electron chi connectivity index (χ3n) is 5.34. The lowest BCUT2D eigenvalue weighted by Gasteiger charge is -2.33. The van der Waals surface area contributed by atoms with Crippen LogP contribution in [0, 0.1) is 18.7 Å². The second-order valence-corrected chi connectivity index (χ2v) is 9.43. The van der Waals surface area contributed by atoms with Crippen LogP contribution in [0.15, 0.2) is 24.4 Å². The van der Waals surface area contributed by atoms with Crippen LogP contribution in [0.4, 0.5) is 20.7 Å². The number of amides is 1. The van der Waals surface area contributed by atoms with Crippen LogP contribution in [0.3, 0.4) is 0 Å². The van der Waals surface area contributed by atoms with Gasteiger partial charge in [-0.25, -0.2) is 19.2 Å². The number of aryl methyl sites for hydroxylation is 1. The fraction of sp³-hybridized carbons (Fsp3) is 0.522. The average Bonchev–Trinajstić information content (AvgIpc) is 2.72. The summed E-state index contributed by atoms with van der Waals surface area (Å²) in [5.41, 5.74) is 1.59. The largest absolute Gasteiger partial charge is 0.444 e. The predicted octanol–water partition coefficient (Wildman–Crippen LogP) is 5.25. The molecule has 1 aliphatic heterocycles. The fourth-order valence-electron chi connectivity index (χ4n) is 3.59. The van der Waals surface area contributed by atoms with Crippen molar-refractivity contribution in [3.63, 3.8) is 0 Å². The molecule has 0 unspecified atom stereocenters. The van der Waals surface area contributed by atoms with Gasteiger partial charge >= 0.3 is 6.09 Å². The van der Waals surface area contributed by atoms with Crippen molar-refractivity contribution in [2.24, 2.45) is 5.92 Å². The second kappa shape index (κ2) is 10.3. The van der Waals surface area contributed by atoms with E-state index in [1.807, 2.05) is 33.8 Å². The van der Waals surface area contributed by atoms with Crippen LogP contribution in [-0.4, -0.2) is 46.2 Å². The summed E-state index contributed by atoms with van der Waals surface area (Å²) < 4.78 is 19.6. The Labute approximate surface area is 193 Å². The maximum atomic E-state index is 14.1. The zero-order valence-electron chi connectivity index (χ0n) is 19.0. The Bertz CT molecular complexity index is 922. The summed E-state index contributed by atoms with van der Waals surface area (Å²) in [4.78, 5) is 22.4. The minimum atomic E-state index is -0.493. The van der Waals surface area contributed by atoms with Crippen LogP contribution < -0.4 is 10.6 Å². The van der Waals surface area contributed by atoms with Crippen LogP contribution in [0.25, 0.3) is 0 Å². The van der Waals surface area contributed by atoms with E-state index in [1.54, 1.807) is 17.2 Å². The standard InChI is InChI=1S/C23H31ClFN5O2/c1-15-6-5-7-18(25)19(15)26-13-17-14-28-21(24)29-20(17)27-12-16-8-10-30(11-9-16)22(31)32-23(2,3)4/h5-7,14,16,26H,8-13H2,1-4H3,(H,27,28,29). The van der Waals surface area contributed by atoms with Crippen LogP contribution in [0.5, 0.6) is 0 Å². The third kappa shape index (κ3) is 6.69. The Hall–Kier alpha value is -2.61. The molecule has 1 saturated heterocycles. The van der Waals surface area contributed by atoms with E-state index >= 15 is 0 Å². The van der Waals surface area contributed by atoms with Crippen molar-refractivity contribution in [3.8, 4) is 0 Å². The van der Waals surface area contributed by atoms with Crippen molar-refractivity contribution in [2.75, 3.05) is 30.3 Å². The van der Waals surface area contributed by atoms with Gasteiger partial charge in [0.1, 0.15) is 17.2 Å². The lowest BCUT2D eigenvalue weighted by atomic mass is 9.97. The van der Waals surface area contributed by atoms with E-state index in [2.05, 4.69) is 20.6 Å². The molecule has 1 amide bonds. The molecule has 0 spiro atoms. The van der Waals surface area contributed by atoms with Crippen molar-refractivity contribution in [1.29, 1.82) is 0 Å². The molecule has 1 aromatic heterocycles. The average molecular weight is 464 g/mol. The molecule has 7 nitrogen and oxygen atoms in total. The molecule has 9 heteroatoms. The number of benzene rings is 1. The Balaban J connectivity index is 1.55. The molecule has 1 fully saturated rings. The number of nitrogens with zero attached hydrogens (tertiary/aromatic N) is 3. The molecule has 0 saturated carbocycles. The molecule has 1 aromatic carbocycles.